The standard InChI is InChI=1S/C15H27N3O3/c1-16-15(18-9-7-14-6-5-11-21-14)17-8-3-4-10-20-13-12-19-2/h5-6,11H,3-4,7-10,12-13H2,1-2H3,(H2,16,17,18). The molecule has 0 radical (unpaired) electrons. The highest BCUT2D eigenvalue weighted by atomic mass is 16.5. The smallest absolute Gasteiger partial charge is 0.190 e. The van der Waals surface area contributed by atoms with Crippen molar-refractivity contribution in [2.45, 2.75) is 19.3 Å². The van der Waals surface area contributed by atoms with Crippen LogP contribution in [-0.2, 0) is 15.9 Å². The maximum Gasteiger partial charge on any atom is 0.190 e. The third-order valence-corrected chi connectivity index (χ3v) is 2.91. The van der Waals surface area contributed by atoms with E-state index < -0.39 is 0 Å². The molecule has 0 spiro atoms. The molecule has 6 nitrogen and oxygen atoms in total. The fourth-order valence-electron chi connectivity index (χ4n) is 1.76. The monoisotopic (exact) mass is 297 g/mol. The van der Waals surface area contributed by atoms with Gasteiger partial charge in [-0.15, -0.1) is 0 Å². The Hall–Kier alpha value is -1.53. The largest absolute Gasteiger partial charge is 0.469 e. The molecule has 0 aromatic carbocycles. The van der Waals surface area contributed by atoms with E-state index in [0.717, 1.165) is 50.7 Å². The van der Waals surface area contributed by atoms with Gasteiger partial charge in [-0.2, -0.15) is 0 Å². The van der Waals surface area contributed by atoms with Gasteiger partial charge >= 0.3 is 0 Å². The van der Waals surface area contributed by atoms with E-state index in [0.29, 0.717) is 13.2 Å². The van der Waals surface area contributed by atoms with Crippen molar-refractivity contribution < 1.29 is 13.9 Å². The first-order valence-corrected chi connectivity index (χ1v) is 7.40. The summed E-state index contributed by atoms with van der Waals surface area (Å²) in [4.78, 5) is 4.18. The van der Waals surface area contributed by atoms with Crippen molar-refractivity contribution in [2.24, 2.45) is 4.99 Å². The molecular formula is C15H27N3O3. The number of hydrogen-bond donors (Lipinski definition) is 2. The van der Waals surface area contributed by atoms with Crippen molar-refractivity contribution in [3.05, 3.63) is 24.2 Å². The number of hydrogen-bond acceptors (Lipinski definition) is 4. The van der Waals surface area contributed by atoms with E-state index in [1.807, 2.05) is 12.1 Å². The lowest BCUT2D eigenvalue weighted by Crippen LogP contribution is -2.38. The molecule has 0 unspecified atom stereocenters. The molecule has 0 amide bonds. The van der Waals surface area contributed by atoms with Gasteiger partial charge in [-0.1, -0.05) is 0 Å². The van der Waals surface area contributed by atoms with Crippen LogP contribution >= 0.6 is 0 Å². The number of ether oxygens (including phenoxy) is 2. The van der Waals surface area contributed by atoms with Crippen LogP contribution < -0.4 is 10.6 Å². The molecule has 0 aliphatic rings. The van der Waals surface area contributed by atoms with E-state index in [2.05, 4.69) is 15.6 Å². The number of aliphatic imine (C=N–C) groups is 1. The Labute approximate surface area is 126 Å². The Bertz CT molecular complexity index is 366. The number of furan rings is 1. The predicted molar refractivity (Wildman–Crippen MR) is 83.7 cm³/mol. The van der Waals surface area contributed by atoms with Crippen LogP contribution in [0.1, 0.15) is 18.6 Å². The second-order valence-corrected chi connectivity index (χ2v) is 4.57. The zero-order valence-electron chi connectivity index (χ0n) is 13.1. The molecule has 1 aromatic heterocycles. The molecule has 0 aliphatic heterocycles. The molecule has 0 saturated carbocycles. The number of methoxy groups -OCH3 is 1. The average Bonchev–Trinajstić information content (AvgIpc) is 3.01. The Morgan fingerprint density at radius 3 is 2.76 bits per heavy atom. The molecule has 120 valence electrons. The zero-order chi connectivity index (χ0) is 15.2. The maximum atomic E-state index is 5.40. The lowest BCUT2D eigenvalue weighted by molar-refractivity contribution is 0.0689. The quantitative estimate of drug-likeness (QED) is 0.367. The van der Waals surface area contributed by atoms with E-state index >= 15 is 0 Å². The topological polar surface area (TPSA) is 68.0 Å². The van der Waals surface area contributed by atoms with Crippen LogP contribution in [0.4, 0.5) is 0 Å². The van der Waals surface area contributed by atoms with Crippen molar-refractivity contribution in [3.63, 3.8) is 0 Å². The molecule has 21 heavy (non-hydrogen) atoms. The molecule has 0 bridgehead atoms. The van der Waals surface area contributed by atoms with Gasteiger partial charge in [0.25, 0.3) is 0 Å². The molecule has 0 atom stereocenters. The summed E-state index contributed by atoms with van der Waals surface area (Å²) in [6.45, 7) is 3.78. The van der Waals surface area contributed by atoms with Gasteiger partial charge in [0.2, 0.25) is 0 Å². The first kappa shape index (κ1) is 17.5. The number of nitrogens with zero attached hydrogens (tertiary/aromatic N) is 1. The Morgan fingerprint density at radius 2 is 2.05 bits per heavy atom. The highest BCUT2D eigenvalue weighted by Gasteiger charge is 1.99. The van der Waals surface area contributed by atoms with Gasteiger partial charge in [-0.05, 0) is 25.0 Å². The highest BCUT2D eigenvalue weighted by molar-refractivity contribution is 5.79. The van der Waals surface area contributed by atoms with Gasteiger partial charge in [0.1, 0.15) is 5.76 Å². The van der Waals surface area contributed by atoms with Crippen molar-refractivity contribution in [1.29, 1.82) is 0 Å². The van der Waals surface area contributed by atoms with Crippen LogP contribution in [0.2, 0.25) is 0 Å². The van der Waals surface area contributed by atoms with Crippen molar-refractivity contribution >= 4 is 5.96 Å². The van der Waals surface area contributed by atoms with Crippen LogP contribution in [-0.4, -0.2) is 53.0 Å². The lowest BCUT2D eigenvalue weighted by Gasteiger charge is -2.11. The summed E-state index contributed by atoms with van der Waals surface area (Å²) in [6.07, 6.45) is 4.62. The molecule has 0 saturated heterocycles. The van der Waals surface area contributed by atoms with Gasteiger partial charge < -0.3 is 24.5 Å². The molecule has 0 aliphatic carbocycles. The second-order valence-electron chi connectivity index (χ2n) is 4.57. The predicted octanol–water partition coefficient (Wildman–Crippen LogP) is 1.43. The summed E-state index contributed by atoms with van der Waals surface area (Å²) < 4.78 is 15.6. The third kappa shape index (κ3) is 9.10. The Balaban J connectivity index is 1.96. The molecular weight excluding hydrogens is 270 g/mol. The van der Waals surface area contributed by atoms with Gasteiger partial charge in [0.15, 0.2) is 5.96 Å². The minimum atomic E-state index is 0.657. The molecule has 0 fully saturated rings. The van der Waals surface area contributed by atoms with Crippen LogP contribution in [0.5, 0.6) is 0 Å². The van der Waals surface area contributed by atoms with E-state index in [-0.39, 0.29) is 0 Å². The SMILES string of the molecule is CN=C(NCCCCOCCOC)NCCc1ccco1. The van der Waals surface area contributed by atoms with Crippen LogP contribution in [0, 0.1) is 0 Å². The molecule has 1 heterocycles. The number of nitrogens with one attached hydrogen (secondary N) is 2. The second kappa shape index (κ2) is 12.2. The number of rotatable bonds is 11. The van der Waals surface area contributed by atoms with E-state index in [1.165, 1.54) is 0 Å². The summed E-state index contributed by atoms with van der Waals surface area (Å²) in [5.74, 6) is 1.80. The van der Waals surface area contributed by atoms with Crippen LogP contribution in [0.15, 0.2) is 27.8 Å². The Kier molecular flexibility index (Phi) is 10.2. The summed E-state index contributed by atoms with van der Waals surface area (Å²) in [6, 6.07) is 3.87. The first-order valence-electron chi connectivity index (χ1n) is 7.40. The summed E-state index contributed by atoms with van der Waals surface area (Å²) in [5.41, 5.74) is 0. The fraction of sp³-hybridized carbons (Fsp3) is 0.667. The van der Waals surface area contributed by atoms with E-state index in [9.17, 15) is 0 Å². The summed E-state index contributed by atoms with van der Waals surface area (Å²) >= 11 is 0. The van der Waals surface area contributed by atoms with Crippen molar-refractivity contribution in [1.82, 2.24) is 10.6 Å². The van der Waals surface area contributed by atoms with Crippen LogP contribution in [0.3, 0.4) is 0 Å². The summed E-state index contributed by atoms with van der Waals surface area (Å²) in [5, 5.41) is 6.54. The van der Waals surface area contributed by atoms with Crippen molar-refractivity contribution in [2.75, 3.05) is 47.1 Å². The van der Waals surface area contributed by atoms with Gasteiger partial charge in [-0.25, -0.2) is 0 Å². The number of guanidine groups is 1. The summed E-state index contributed by atoms with van der Waals surface area (Å²) in [7, 11) is 3.45. The van der Waals surface area contributed by atoms with Gasteiger partial charge in [0.05, 0.1) is 19.5 Å². The molecule has 1 rings (SSSR count). The fourth-order valence-corrected chi connectivity index (χ4v) is 1.76. The van der Waals surface area contributed by atoms with E-state index in [4.69, 9.17) is 13.9 Å². The Morgan fingerprint density at radius 1 is 1.19 bits per heavy atom. The van der Waals surface area contributed by atoms with Crippen LogP contribution in [0.25, 0.3) is 0 Å². The minimum Gasteiger partial charge on any atom is -0.469 e. The number of unbranched alkanes of at least 4 members (excludes halogenated alkanes) is 1. The van der Waals surface area contributed by atoms with E-state index in [1.54, 1.807) is 20.4 Å². The third-order valence-electron chi connectivity index (χ3n) is 2.91. The molecule has 6 heteroatoms. The normalized spacial score (nSPS) is 11.6. The first-order chi connectivity index (χ1) is 10.4. The zero-order valence-corrected chi connectivity index (χ0v) is 13.1. The van der Waals surface area contributed by atoms with Gasteiger partial charge in [-0.3, -0.25) is 4.99 Å². The molecule has 2 N–H and O–H groups in total. The maximum absolute atomic E-state index is 5.40. The molecule has 1 aromatic rings. The highest BCUT2D eigenvalue weighted by Crippen LogP contribution is 1.99. The lowest BCUT2D eigenvalue weighted by atomic mass is 10.3. The van der Waals surface area contributed by atoms with Gasteiger partial charge in [0, 0.05) is 40.3 Å². The minimum absolute atomic E-state index is 0.657. The van der Waals surface area contributed by atoms with Crippen molar-refractivity contribution in [3.8, 4) is 0 Å². The average molecular weight is 297 g/mol.